The van der Waals surface area contributed by atoms with Crippen LogP contribution in [0, 0.1) is 0 Å². The minimum Gasteiger partial charge on any atom is -0.372 e. The van der Waals surface area contributed by atoms with Crippen molar-refractivity contribution >= 4 is 11.7 Å². The van der Waals surface area contributed by atoms with Crippen molar-refractivity contribution in [1.82, 2.24) is 19.8 Å². The SMILES string of the molecule is CCCN(CC(=O)N(C)C)Cc1cnc(NC)cn1. The van der Waals surface area contributed by atoms with E-state index >= 15 is 0 Å². The van der Waals surface area contributed by atoms with Gasteiger partial charge in [0, 0.05) is 27.7 Å². The first kappa shape index (κ1) is 15.4. The van der Waals surface area contributed by atoms with Gasteiger partial charge in [0.1, 0.15) is 5.82 Å². The zero-order valence-corrected chi connectivity index (χ0v) is 12.2. The van der Waals surface area contributed by atoms with Crippen molar-refractivity contribution in [3.63, 3.8) is 0 Å². The average molecular weight is 265 g/mol. The zero-order chi connectivity index (χ0) is 14.3. The van der Waals surface area contributed by atoms with Gasteiger partial charge in [-0.1, -0.05) is 6.92 Å². The van der Waals surface area contributed by atoms with Gasteiger partial charge in [0.15, 0.2) is 0 Å². The van der Waals surface area contributed by atoms with Crippen LogP contribution in [-0.2, 0) is 11.3 Å². The predicted octanol–water partition coefficient (Wildman–Crippen LogP) is 0.818. The van der Waals surface area contributed by atoms with Crippen molar-refractivity contribution in [3.05, 3.63) is 18.1 Å². The van der Waals surface area contributed by atoms with Crippen LogP contribution in [0.15, 0.2) is 12.4 Å². The van der Waals surface area contributed by atoms with E-state index in [1.54, 1.807) is 31.4 Å². The molecule has 1 amide bonds. The lowest BCUT2D eigenvalue weighted by atomic mass is 10.3. The number of carbonyl (C=O) groups excluding carboxylic acids is 1. The van der Waals surface area contributed by atoms with Gasteiger partial charge in [-0.05, 0) is 13.0 Å². The number of carbonyl (C=O) groups is 1. The second-order valence-electron chi connectivity index (χ2n) is 4.64. The first-order chi connectivity index (χ1) is 9.06. The van der Waals surface area contributed by atoms with Gasteiger partial charge in [-0.15, -0.1) is 0 Å². The highest BCUT2D eigenvalue weighted by Gasteiger charge is 2.12. The van der Waals surface area contributed by atoms with E-state index in [1.807, 2.05) is 7.05 Å². The largest absolute Gasteiger partial charge is 0.372 e. The van der Waals surface area contributed by atoms with E-state index in [0.29, 0.717) is 13.1 Å². The van der Waals surface area contributed by atoms with Crippen LogP contribution in [-0.4, -0.2) is 59.9 Å². The molecule has 1 N–H and O–H groups in total. The average Bonchev–Trinajstić information content (AvgIpc) is 2.39. The molecule has 0 aliphatic rings. The Balaban J connectivity index is 2.63. The third-order valence-electron chi connectivity index (χ3n) is 2.74. The summed E-state index contributed by atoms with van der Waals surface area (Å²) in [4.78, 5) is 24.0. The van der Waals surface area contributed by atoms with Crippen molar-refractivity contribution in [2.24, 2.45) is 0 Å². The molecule has 106 valence electrons. The fraction of sp³-hybridized carbons (Fsp3) is 0.615. The van der Waals surface area contributed by atoms with E-state index in [9.17, 15) is 4.79 Å². The van der Waals surface area contributed by atoms with Crippen LogP contribution in [0.25, 0.3) is 0 Å². The summed E-state index contributed by atoms with van der Waals surface area (Å²) in [5.74, 6) is 0.850. The summed E-state index contributed by atoms with van der Waals surface area (Å²) >= 11 is 0. The molecule has 0 unspecified atom stereocenters. The number of aromatic nitrogens is 2. The highest BCUT2D eigenvalue weighted by Crippen LogP contribution is 2.04. The van der Waals surface area contributed by atoms with Crippen LogP contribution in [0.2, 0.25) is 0 Å². The molecule has 1 rings (SSSR count). The lowest BCUT2D eigenvalue weighted by molar-refractivity contribution is -0.130. The van der Waals surface area contributed by atoms with Gasteiger partial charge in [-0.3, -0.25) is 14.7 Å². The van der Waals surface area contributed by atoms with Gasteiger partial charge in [0.25, 0.3) is 0 Å². The molecular weight excluding hydrogens is 242 g/mol. The van der Waals surface area contributed by atoms with Crippen molar-refractivity contribution in [1.29, 1.82) is 0 Å². The highest BCUT2D eigenvalue weighted by atomic mass is 16.2. The highest BCUT2D eigenvalue weighted by molar-refractivity contribution is 5.77. The maximum Gasteiger partial charge on any atom is 0.236 e. The van der Waals surface area contributed by atoms with Crippen LogP contribution >= 0.6 is 0 Å². The molecular formula is C13H23N5O. The Morgan fingerprint density at radius 3 is 2.53 bits per heavy atom. The Morgan fingerprint density at radius 2 is 2.05 bits per heavy atom. The van der Waals surface area contributed by atoms with Gasteiger partial charge in [0.2, 0.25) is 5.91 Å². The molecule has 0 saturated heterocycles. The number of rotatable bonds is 7. The first-order valence-corrected chi connectivity index (χ1v) is 6.48. The minimum absolute atomic E-state index is 0.105. The Kier molecular flexibility index (Phi) is 6.21. The summed E-state index contributed by atoms with van der Waals surface area (Å²) in [6, 6.07) is 0. The number of anilines is 1. The first-order valence-electron chi connectivity index (χ1n) is 6.48. The fourth-order valence-electron chi connectivity index (χ4n) is 1.66. The lowest BCUT2D eigenvalue weighted by Gasteiger charge is -2.22. The standard InChI is InChI=1S/C13H23N5O/c1-5-6-18(10-13(19)17(3)4)9-11-7-16-12(14-2)8-15-11/h7-8H,5-6,9-10H2,1-4H3,(H,14,16). The molecule has 0 aliphatic carbocycles. The molecule has 0 radical (unpaired) electrons. The van der Waals surface area contributed by atoms with Gasteiger partial charge >= 0.3 is 0 Å². The third kappa shape index (κ3) is 5.21. The number of nitrogens with zero attached hydrogens (tertiary/aromatic N) is 4. The Bertz CT molecular complexity index is 391. The van der Waals surface area contributed by atoms with Crippen molar-refractivity contribution in [3.8, 4) is 0 Å². The summed E-state index contributed by atoms with van der Waals surface area (Å²) in [6.07, 6.45) is 4.45. The predicted molar refractivity (Wildman–Crippen MR) is 75.8 cm³/mol. The van der Waals surface area contributed by atoms with Gasteiger partial charge in [-0.2, -0.15) is 0 Å². The number of hydrogen-bond donors (Lipinski definition) is 1. The van der Waals surface area contributed by atoms with E-state index in [4.69, 9.17) is 0 Å². The van der Waals surface area contributed by atoms with Crippen molar-refractivity contribution in [2.45, 2.75) is 19.9 Å². The van der Waals surface area contributed by atoms with Gasteiger partial charge in [-0.25, -0.2) is 4.98 Å². The summed E-state index contributed by atoms with van der Waals surface area (Å²) in [5, 5.41) is 2.93. The topological polar surface area (TPSA) is 61.4 Å². The quantitative estimate of drug-likeness (QED) is 0.791. The summed E-state index contributed by atoms with van der Waals surface area (Å²) in [7, 11) is 5.35. The molecule has 0 aliphatic heterocycles. The maximum absolute atomic E-state index is 11.8. The monoisotopic (exact) mass is 265 g/mol. The Hall–Kier alpha value is -1.69. The van der Waals surface area contributed by atoms with Crippen molar-refractivity contribution in [2.75, 3.05) is 39.5 Å². The molecule has 0 aromatic carbocycles. The summed E-state index contributed by atoms with van der Waals surface area (Å²) < 4.78 is 0. The molecule has 0 spiro atoms. The van der Waals surface area contributed by atoms with Crippen molar-refractivity contribution < 1.29 is 4.79 Å². The minimum atomic E-state index is 0.105. The molecule has 6 heteroatoms. The second kappa shape index (κ2) is 7.68. The van der Waals surface area contributed by atoms with Crippen LogP contribution in [0.3, 0.4) is 0 Å². The number of hydrogen-bond acceptors (Lipinski definition) is 5. The molecule has 0 saturated carbocycles. The number of amides is 1. The smallest absolute Gasteiger partial charge is 0.236 e. The second-order valence-corrected chi connectivity index (χ2v) is 4.64. The van der Waals surface area contributed by atoms with Crippen LogP contribution in [0.1, 0.15) is 19.0 Å². The summed E-state index contributed by atoms with van der Waals surface area (Å²) in [5.41, 5.74) is 0.874. The van der Waals surface area contributed by atoms with E-state index in [2.05, 4.69) is 27.1 Å². The Morgan fingerprint density at radius 1 is 1.32 bits per heavy atom. The fourth-order valence-corrected chi connectivity index (χ4v) is 1.66. The zero-order valence-electron chi connectivity index (χ0n) is 12.2. The van der Waals surface area contributed by atoms with Crippen LogP contribution in [0.5, 0.6) is 0 Å². The van der Waals surface area contributed by atoms with Gasteiger partial charge < -0.3 is 10.2 Å². The normalized spacial score (nSPS) is 10.6. The molecule has 6 nitrogen and oxygen atoms in total. The number of nitrogens with one attached hydrogen (secondary N) is 1. The van der Waals surface area contributed by atoms with E-state index < -0.39 is 0 Å². The number of likely N-dealkylation sites (N-methyl/N-ethyl adjacent to an activating group) is 1. The molecule has 0 bridgehead atoms. The Labute approximate surface area is 114 Å². The molecule has 1 aromatic heterocycles. The molecule has 1 aromatic rings. The van der Waals surface area contributed by atoms with E-state index in [0.717, 1.165) is 24.5 Å². The molecule has 1 heterocycles. The molecule has 0 atom stereocenters. The van der Waals surface area contributed by atoms with E-state index in [1.165, 1.54) is 0 Å². The molecule has 0 fully saturated rings. The maximum atomic E-state index is 11.8. The van der Waals surface area contributed by atoms with Gasteiger partial charge in [0.05, 0.1) is 24.6 Å². The lowest BCUT2D eigenvalue weighted by Crippen LogP contribution is -2.36. The summed E-state index contributed by atoms with van der Waals surface area (Å²) in [6.45, 7) is 4.03. The van der Waals surface area contributed by atoms with E-state index in [-0.39, 0.29) is 5.91 Å². The third-order valence-corrected chi connectivity index (χ3v) is 2.74. The van der Waals surface area contributed by atoms with Crippen LogP contribution < -0.4 is 5.32 Å². The molecule has 19 heavy (non-hydrogen) atoms. The van der Waals surface area contributed by atoms with Crippen LogP contribution in [0.4, 0.5) is 5.82 Å².